The van der Waals surface area contributed by atoms with E-state index in [2.05, 4.69) is 59.1 Å². The van der Waals surface area contributed by atoms with Crippen molar-refractivity contribution < 1.29 is 14.3 Å². The number of H-pyrrole nitrogens is 1. The highest BCUT2D eigenvalue weighted by Gasteiger charge is 2.20. The van der Waals surface area contributed by atoms with Gasteiger partial charge in [-0.15, -0.1) is 21.5 Å². The molecule has 6 aromatic rings. The van der Waals surface area contributed by atoms with E-state index in [-0.39, 0.29) is 5.57 Å². The van der Waals surface area contributed by atoms with E-state index >= 15 is 0 Å². The van der Waals surface area contributed by atoms with E-state index in [4.69, 9.17) is 4.42 Å². The Morgan fingerprint density at radius 3 is 2.76 bits per heavy atom. The maximum absolute atomic E-state index is 12.1. The quantitative estimate of drug-likeness (QED) is 0.152. The van der Waals surface area contributed by atoms with Gasteiger partial charge in [-0.25, -0.2) is 9.78 Å². The van der Waals surface area contributed by atoms with Crippen LogP contribution in [0.5, 0.6) is 0 Å². The smallest absolute Gasteiger partial charge is 0.337 e. The van der Waals surface area contributed by atoms with Crippen molar-refractivity contribution in [1.29, 1.82) is 0 Å². The van der Waals surface area contributed by atoms with Crippen LogP contribution in [-0.2, 0) is 17.8 Å². The molecule has 2 aromatic carbocycles. The number of fused-ring (bicyclic) bond motifs is 1. The lowest BCUT2D eigenvalue weighted by atomic mass is 10.0. The third-order valence-corrected chi connectivity index (χ3v) is 8.51. The predicted octanol–water partition coefficient (Wildman–Crippen LogP) is 7.32. The fraction of sp³-hybridized carbons (Fsp3) is 0.167. The average Bonchev–Trinajstić information content (AvgIpc) is 3.80. The highest BCUT2D eigenvalue weighted by atomic mass is 79.9. The van der Waals surface area contributed by atoms with E-state index in [9.17, 15) is 9.90 Å². The van der Waals surface area contributed by atoms with Gasteiger partial charge in [0.2, 0.25) is 5.82 Å². The van der Waals surface area contributed by atoms with Crippen molar-refractivity contribution >= 4 is 55.9 Å². The number of aliphatic carboxylic acids is 1. The lowest BCUT2D eigenvalue weighted by Crippen LogP contribution is -2.08. The molecule has 0 unspecified atom stereocenters. The van der Waals surface area contributed by atoms with Crippen LogP contribution in [0.25, 0.3) is 45.3 Å². The molecular formula is C30H25BrN6O3S. The monoisotopic (exact) mass is 628 g/mol. The van der Waals surface area contributed by atoms with Crippen molar-refractivity contribution in [1.82, 2.24) is 30.2 Å². The molecule has 0 amide bonds. The van der Waals surface area contributed by atoms with Crippen molar-refractivity contribution in [3.05, 3.63) is 92.6 Å². The number of aromatic nitrogens is 6. The van der Waals surface area contributed by atoms with Crippen molar-refractivity contribution in [2.45, 2.75) is 32.7 Å². The van der Waals surface area contributed by atoms with Gasteiger partial charge < -0.3 is 14.1 Å². The third-order valence-electron chi connectivity index (χ3n) is 6.82. The standard InChI is InChI=1S/C30H25BrN6O3S/c1-2-3-10-26-32-16-19(15-23(30(38)39)25-9-6-13-41-25)37(26)17-18-11-12-24-22(14-18)27(31)28(40-24)20-7-4-5-8-21(20)29-33-35-36-34-29/h4-9,11-16H,2-3,10,17H2,1H3,(H,38,39)(H,33,34,35,36)/b23-15-. The normalized spacial score (nSPS) is 11.9. The molecule has 4 aromatic heterocycles. The SMILES string of the molecule is CCCCc1ncc(/C=C(\C(=O)O)c2cccs2)n1Cc1ccc2oc(-c3ccccc3-c3nn[nH]n3)c(Br)c2c1. The number of aromatic amines is 1. The second-order valence-electron chi connectivity index (χ2n) is 9.49. The predicted molar refractivity (Wildman–Crippen MR) is 162 cm³/mol. The summed E-state index contributed by atoms with van der Waals surface area (Å²) in [5.41, 5.74) is 4.43. The van der Waals surface area contributed by atoms with Gasteiger partial charge in [-0.3, -0.25) is 0 Å². The first-order valence-corrected chi connectivity index (χ1v) is 14.8. The lowest BCUT2D eigenvalue weighted by molar-refractivity contribution is -0.130. The van der Waals surface area contributed by atoms with Crippen LogP contribution in [0.1, 0.15) is 41.7 Å². The highest BCUT2D eigenvalue weighted by molar-refractivity contribution is 9.10. The molecule has 0 saturated carbocycles. The number of thiophene rings is 1. The Balaban J connectivity index is 1.40. The second kappa shape index (κ2) is 11.6. The van der Waals surface area contributed by atoms with Gasteiger partial charge in [-0.05, 0) is 62.8 Å². The van der Waals surface area contributed by atoms with Gasteiger partial charge in [-0.2, -0.15) is 5.21 Å². The Bertz CT molecular complexity index is 1850. The number of imidazole rings is 1. The first kappa shape index (κ1) is 26.9. The summed E-state index contributed by atoms with van der Waals surface area (Å²) < 4.78 is 9.24. The van der Waals surface area contributed by atoms with E-state index in [1.54, 1.807) is 12.3 Å². The van der Waals surface area contributed by atoms with Gasteiger partial charge in [-0.1, -0.05) is 49.7 Å². The van der Waals surface area contributed by atoms with Crippen LogP contribution in [0.3, 0.4) is 0 Å². The van der Waals surface area contributed by atoms with E-state index in [0.29, 0.717) is 23.0 Å². The Labute approximate surface area is 247 Å². The molecular weight excluding hydrogens is 604 g/mol. The van der Waals surface area contributed by atoms with Crippen LogP contribution in [0.2, 0.25) is 0 Å². The molecule has 0 saturated heterocycles. The number of carboxylic acids is 1. The number of furan rings is 1. The Morgan fingerprint density at radius 1 is 1.17 bits per heavy atom. The second-order valence-corrected chi connectivity index (χ2v) is 11.2. The number of hydrogen-bond acceptors (Lipinski definition) is 7. The van der Waals surface area contributed by atoms with Crippen LogP contribution >= 0.6 is 27.3 Å². The number of nitrogens with zero attached hydrogens (tertiary/aromatic N) is 5. The number of nitrogens with one attached hydrogen (secondary N) is 1. The first-order chi connectivity index (χ1) is 20.0. The molecule has 206 valence electrons. The van der Waals surface area contributed by atoms with Gasteiger partial charge in [0.15, 0.2) is 0 Å². The molecule has 2 N–H and O–H groups in total. The Morgan fingerprint density at radius 2 is 2.02 bits per heavy atom. The summed E-state index contributed by atoms with van der Waals surface area (Å²) in [6.07, 6.45) is 6.32. The zero-order valence-electron chi connectivity index (χ0n) is 22.0. The van der Waals surface area contributed by atoms with Gasteiger partial charge >= 0.3 is 5.97 Å². The molecule has 0 aliphatic rings. The van der Waals surface area contributed by atoms with Crippen molar-refractivity contribution in [2.24, 2.45) is 0 Å². The minimum Gasteiger partial charge on any atom is -0.478 e. The number of carboxylic acid groups (broad SMARTS) is 1. The number of rotatable bonds is 10. The van der Waals surface area contributed by atoms with Gasteiger partial charge in [0.1, 0.15) is 17.2 Å². The van der Waals surface area contributed by atoms with E-state index in [1.165, 1.54) is 11.3 Å². The molecule has 0 radical (unpaired) electrons. The van der Waals surface area contributed by atoms with E-state index in [0.717, 1.165) is 62.9 Å². The molecule has 0 bridgehead atoms. The summed E-state index contributed by atoms with van der Waals surface area (Å²) >= 11 is 5.19. The summed E-state index contributed by atoms with van der Waals surface area (Å²) in [5, 5.41) is 27.2. The van der Waals surface area contributed by atoms with Gasteiger partial charge in [0.05, 0.1) is 21.9 Å². The third kappa shape index (κ3) is 5.38. The summed E-state index contributed by atoms with van der Waals surface area (Å²) in [6.45, 7) is 2.68. The fourth-order valence-corrected chi connectivity index (χ4v) is 6.14. The molecule has 4 heterocycles. The number of tetrazole rings is 1. The number of unbranched alkanes of at least 4 members (excludes halogenated alkanes) is 1. The fourth-order valence-electron chi connectivity index (χ4n) is 4.80. The average molecular weight is 630 g/mol. The number of halogens is 1. The molecule has 9 nitrogen and oxygen atoms in total. The summed E-state index contributed by atoms with van der Waals surface area (Å²) in [7, 11) is 0. The van der Waals surface area contributed by atoms with Crippen molar-refractivity contribution in [2.75, 3.05) is 0 Å². The lowest BCUT2D eigenvalue weighted by Gasteiger charge is -2.11. The molecule has 0 spiro atoms. The van der Waals surface area contributed by atoms with Crippen LogP contribution in [0.4, 0.5) is 0 Å². The zero-order valence-corrected chi connectivity index (χ0v) is 24.4. The largest absolute Gasteiger partial charge is 0.478 e. The topological polar surface area (TPSA) is 123 Å². The van der Waals surface area contributed by atoms with Gasteiger partial charge in [0, 0.05) is 34.4 Å². The maximum Gasteiger partial charge on any atom is 0.337 e. The molecule has 41 heavy (non-hydrogen) atoms. The number of carbonyl (C=O) groups is 1. The highest BCUT2D eigenvalue weighted by Crippen LogP contribution is 2.41. The molecule has 0 fully saturated rings. The molecule has 0 aliphatic carbocycles. The summed E-state index contributed by atoms with van der Waals surface area (Å²) in [4.78, 5) is 17.5. The van der Waals surface area contributed by atoms with Crippen LogP contribution < -0.4 is 0 Å². The Kier molecular flexibility index (Phi) is 7.62. The van der Waals surface area contributed by atoms with E-state index < -0.39 is 5.97 Å². The molecule has 6 rings (SSSR count). The van der Waals surface area contributed by atoms with Crippen LogP contribution in [0.15, 0.2) is 75.1 Å². The minimum absolute atomic E-state index is 0.251. The zero-order chi connectivity index (χ0) is 28.3. The molecule has 11 heteroatoms. The van der Waals surface area contributed by atoms with Crippen molar-refractivity contribution in [3.63, 3.8) is 0 Å². The maximum atomic E-state index is 12.1. The van der Waals surface area contributed by atoms with Crippen LogP contribution in [-0.4, -0.2) is 41.3 Å². The summed E-state index contributed by atoms with van der Waals surface area (Å²) in [6, 6.07) is 17.5. The molecule has 0 aliphatic heterocycles. The Hall–Kier alpha value is -4.35. The number of hydrogen-bond donors (Lipinski definition) is 2. The first-order valence-electron chi connectivity index (χ1n) is 13.1. The molecule has 0 atom stereocenters. The van der Waals surface area contributed by atoms with Crippen LogP contribution in [0, 0.1) is 0 Å². The number of aryl methyl sites for hydroxylation is 1. The van der Waals surface area contributed by atoms with Crippen molar-refractivity contribution in [3.8, 4) is 22.7 Å². The minimum atomic E-state index is -0.965. The van der Waals surface area contributed by atoms with E-state index in [1.807, 2.05) is 53.9 Å². The number of benzene rings is 2. The summed E-state index contributed by atoms with van der Waals surface area (Å²) in [5.74, 6) is 1.12. The van der Waals surface area contributed by atoms with Gasteiger partial charge in [0.25, 0.3) is 0 Å².